The summed E-state index contributed by atoms with van der Waals surface area (Å²) in [4.78, 5) is 43.5. The molecule has 2 atom stereocenters. The number of imide groups is 1. The van der Waals surface area contributed by atoms with Gasteiger partial charge in [0, 0.05) is 18.0 Å². The molecule has 1 aromatic rings. The molecule has 10 nitrogen and oxygen atoms in total. The predicted octanol–water partition coefficient (Wildman–Crippen LogP) is 3.90. The summed E-state index contributed by atoms with van der Waals surface area (Å²) in [6, 6.07) is 8.01. The Morgan fingerprint density at radius 1 is 1.25 bits per heavy atom. The highest BCUT2D eigenvalue weighted by molar-refractivity contribution is 5.96. The van der Waals surface area contributed by atoms with Crippen LogP contribution in [0.5, 0.6) is 0 Å². The fourth-order valence-corrected chi connectivity index (χ4v) is 4.03. The van der Waals surface area contributed by atoms with Gasteiger partial charge in [-0.1, -0.05) is 35.4 Å². The molecule has 172 valence electrons. The quantitative estimate of drug-likeness (QED) is 0.388. The van der Waals surface area contributed by atoms with Crippen molar-refractivity contribution in [3.05, 3.63) is 46.3 Å². The third-order valence-corrected chi connectivity index (χ3v) is 5.58. The SMILES string of the molecule is CC(C)(C)OC(=O)N1CCC(C(N=[N+]=[N-])C(=O)N2C(=O)OCC2Cc2ccccc2)CC1. The number of rotatable bonds is 5. The van der Waals surface area contributed by atoms with E-state index in [2.05, 4.69) is 10.0 Å². The van der Waals surface area contributed by atoms with E-state index >= 15 is 0 Å². The Morgan fingerprint density at radius 3 is 2.50 bits per heavy atom. The Labute approximate surface area is 187 Å². The van der Waals surface area contributed by atoms with Crippen molar-refractivity contribution < 1.29 is 23.9 Å². The molecule has 1 aromatic carbocycles. The van der Waals surface area contributed by atoms with Crippen LogP contribution in [0, 0.1) is 5.92 Å². The Morgan fingerprint density at radius 2 is 1.91 bits per heavy atom. The minimum absolute atomic E-state index is 0.0968. The first-order chi connectivity index (χ1) is 15.2. The van der Waals surface area contributed by atoms with Crippen molar-refractivity contribution in [2.75, 3.05) is 19.7 Å². The van der Waals surface area contributed by atoms with Gasteiger partial charge in [-0.25, -0.2) is 14.5 Å². The number of azide groups is 1. The van der Waals surface area contributed by atoms with Crippen LogP contribution >= 0.6 is 0 Å². The molecule has 2 saturated heterocycles. The smallest absolute Gasteiger partial charge is 0.416 e. The number of nitrogens with zero attached hydrogens (tertiary/aromatic N) is 5. The van der Waals surface area contributed by atoms with Gasteiger partial charge in [0.15, 0.2) is 0 Å². The summed E-state index contributed by atoms with van der Waals surface area (Å²) in [5.74, 6) is -0.843. The van der Waals surface area contributed by atoms with Crippen molar-refractivity contribution in [2.24, 2.45) is 11.0 Å². The minimum atomic E-state index is -1.04. The van der Waals surface area contributed by atoms with Crippen molar-refractivity contribution in [3.63, 3.8) is 0 Å². The normalized spacial score (nSPS) is 20.3. The molecule has 3 amide bonds. The van der Waals surface area contributed by atoms with Gasteiger partial charge < -0.3 is 14.4 Å². The summed E-state index contributed by atoms with van der Waals surface area (Å²) in [7, 11) is 0. The number of piperidine rings is 1. The van der Waals surface area contributed by atoms with Crippen LogP contribution in [-0.2, 0) is 20.7 Å². The van der Waals surface area contributed by atoms with Crippen LogP contribution in [0.3, 0.4) is 0 Å². The van der Waals surface area contributed by atoms with E-state index in [1.807, 2.05) is 30.3 Å². The molecular formula is C22H29N5O5. The fraction of sp³-hybridized carbons (Fsp3) is 0.591. The molecule has 2 heterocycles. The van der Waals surface area contributed by atoms with Crippen LogP contribution in [-0.4, -0.2) is 65.3 Å². The van der Waals surface area contributed by atoms with Gasteiger partial charge in [0.05, 0.1) is 6.04 Å². The molecule has 2 aliphatic rings. The van der Waals surface area contributed by atoms with E-state index in [9.17, 15) is 14.4 Å². The van der Waals surface area contributed by atoms with Crippen LogP contribution in [0.4, 0.5) is 9.59 Å². The number of amides is 3. The first kappa shape index (κ1) is 23.4. The highest BCUT2D eigenvalue weighted by Gasteiger charge is 2.43. The molecule has 0 radical (unpaired) electrons. The van der Waals surface area contributed by atoms with Gasteiger partial charge in [0.2, 0.25) is 5.91 Å². The second-order valence-electron chi connectivity index (χ2n) is 9.08. The highest BCUT2D eigenvalue weighted by atomic mass is 16.6. The monoisotopic (exact) mass is 443 g/mol. The molecule has 32 heavy (non-hydrogen) atoms. The predicted molar refractivity (Wildman–Crippen MR) is 116 cm³/mol. The summed E-state index contributed by atoms with van der Waals surface area (Å²) in [6.45, 7) is 6.25. The maximum absolute atomic E-state index is 13.3. The molecule has 2 fully saturated rings. The minimum Gasteiger partial charge on any atom is -0.447 e. The number of likely N-dealkylation sites (tertiary alicyclic amines) is 1. The van der Waals surface area contributed by atoms with E-state index in [0.717, 1.165) is 10.5 Å². The van der Waals surface area contributed by atoms with E-state index in [4.69, 9.17) is 15.0 Å². The van der Waals surface area contributed by atoms with Crippen LogP contribution < -0.4 is 0 Å². The molecular weight excluding hydrogens is 414 g/mol. The molecule has 0 saturated carbocycles. The molecule has 10 heteroatoms. The van der Waals surface area contributed by atoms with E-state index in [1.54, 1.807) is 25.7 Å². The molecule has 0 N–H and O–H groups in total. The largest absolute Gasteiger partial charge is 0.447 e. The number of hydrogen-bond donors (Lipinski definition) is 0. The van der Waals surface area contributed by atoms with Gasteiger partial charge in [0.1, 0.15) is 18.2 Å². The second-order valence-corrected chi connectivity index (χ2v) is 9.08. The summed E-state index contributed by atoms with van der Waals surface area (Å²) >= 11 is 0. The average Bonchev–Trinajstić information content (AvgIpc) is 3.11. The van der Waals surface area contributed by atoms with Crippen LogP contribution in [0.25, 0.3) is 10.4 Å². The molecule has 0 aromatic heterocycles. The number of hydrogen-bond acceptors (Lipinski definition) is 6. The van der Waals surface area contributed by atoms with E-state index in [0.29, 0.717) is 32.4 Å². The summed E-state index contributed by atoms with van der Waals surface area (Å²) < 4.78 is 10.5. The molecule has 0 spiro atoms. The third-order valence-electron chi connectivity index (χ3n) is 5.58. The van der Waals surface area contributed by atoms with Gasteiger partial charge in [-0.05, 0) is 57.0 Å². The molecule has 2 unspecified atom stereocenters. The lowest BCUT2D eigenvalue weighted by Gasteiger charge is -2.36. The Kier molecular flexibility index (Phi) is 7.25. The number of cyclic esters (lactones) is 1. The van der Waals surface area contributed by atoms with E-state index in [1.165, 1.54) is 0 Å². The standard InChI is InChI=1S/C22H29N5O5/c1-22(2,3)32-20(29)26-11-9-16(10-12-26)18(24-25-23)19(28)27-17(14-31-21(27)30)13-15-7-5-4-6-8-15/h4-8,16-18H,9-14H2,1-3H3. The van der Waals surface area contributed by atoms with Crippen molar-refractivity contribution in [1.29, 1.82) is 0 Å². The summed E-state index contributed by atoms with van der Waals surface area (Å²) in [6.07, 6.45) is 0.245. The van der Waals surface area contributed by atoms with E-state index < -0.39 is 35.8 Å². The topological polar surface area (TPSA) is 125 Å². The van der Waals surface area contributed by atoms with Crippen molar-refractivity contribution in [1.82, 2.24) is 9.80 Å². The number of benzene rings is 1. The first-order valence-electron chi connectivity index (χ1n) is 10.8. The van der Waals surface area contributed by atoms with Crippen molar-refractivity contribution in [3.8, 4) is 0 Å². The third kappa shape index (κ3) is 5.70. The zero-order valence-corrected chi connectivity index (χ0v) is 18.6. The zero-order chi connectivity index (χ0) is 23.3. The van der Waals surface area contributed by atoms with Crippen molar-refractivity contribution >= 4 is 18.1 Å². The Balaban J connectivity index is 1.68. The first-order valence-corrected chi connectivity index (χ1v) is 10.8. The number of carbonyl (C=O) groups excluding carboxylic acids is 3. The molecule has 0 aliphatic carbocycles. The lowest BCUT2D eigenvalue weighted by Crippen LogP contribution is -2.50. The maximum Gasteiger partial charge on any atom is 0.416 e. The molecule has 0 bridgehead atoms. The molecule has 2 aliphatic heterocycles. The van der Waals surface area contributed by atoms with E-state index in [-0.39, 0.29) is 12.5 Å². The van der Waals surface area contributed by atoms with Gasteiger partial charge in [-0.3, -0.25) is 4.79 Å². The van der Waals surface area contributed by atoms with Crippen LogP contribution in [0.1, 0.15) is 39.2 Å². The maximum atomic E-state index is 13.3. The lowest BCUT2D eigenvalue weighted by atomic mass is 9.88. The number of carbonyl (C=O) groups is 3. The molecule has 3 rings (SSSR count). The van der Waals surface area contributed by atoms with Gasteiger partial charge >= 0.3 is 12.2 Å². The zero-order valence-electron chi connectivity index (χ0n) is 18.6. The lowest BCUT2D eigenvalue weighted by molar-refractivity contribution is -0.132. The average molecular weight is 444 g/mol. The highest BCUT2D eigenvalue weighted by Crippen LogP contribution is 2.28. The van der Waals surface area contributed by atoms with Gasteiger partial charge in [-0.15, -0.1) is 0 Å². The Bertz CT molecular complexity index is 886. The van der Waals surface area contributed by atoms with Crippen LogP contribution in [0.15, 0.2) is 35.4 Å². The Hall–Kier alpha value is -3.26. The second kappa shape index (κ2) is 9.91. The summed E-state index contributed by atoms with van der Waals surface area (Å²) in [5, 5.41) is 3.74. The van der Waals surface area contributed by atoms with Gasteiger partial charge in [0.25, 0.3) is 0 Å². The fourth-order valence-electron chi connectivity index (χ4n) is 4.03. The van der Waals surface area contributed by atoms with Gasteiger partial charge in [-0.2, -0.15) is 0 Å². The van der Waals surface area contributed by atoms with Crippen LogP contribution in [0.2, 0.25) is 0 Å². The van der Waals surface area contributed by atoms with Crippen molar-refractivity contribution in [2.45, 2.75) is 57.7 Å². The number of ether oxygens (including phenoxy) is 2. The summed E-state index contributed by atoms with van der Waals surface area (Å²) in [5.41, 5.74) is 9.46.